The number of thioether (sulfide) groups is 2. The topological polar surface area (TPSA) is 247 Å². The minimum absolute atomic E-state index is 0.287. The molecule has 23 heteroatoms. The van der Waals surface area contributed by atoms with Gasteiger partial charge in [-0.3, -0.25) is 18.3 Å². The van der Waals surface area contributed by atoms with Gasteiger partial charge in [-0.1, -0.05) is 41.9 Å². The van der Waals surface area contributed by atoms with Gasteiger partial charge in [0, 0.05) is 18.1 Å². The third-order valence-electron chi connectivity index (χ3n) is 5.63. The van der Waals surface area contributed by atoms with Crippen LogP contribution in [0.25, 0.3) is 11.2 Å². The number of nitrogens with zero attached hydrogens (tertiary/aromatic N) is 4. The van der Waals surface area contributed by atoms with Crippen molar-refractivity contribution in [2.24, 2.45) is 0 Å². The fourth-order valence-corrected chi connectivity index (χ4v) is 11.1. The van der Waals surface area contributed by atoms with Crippen molar-refractivity contribution in [2.45, 2.75) is 46.9 Å². The van der Waals surface area contributed by atoms with E-state index in [4.69, 9.17) is 42.2 Å². The summed E-state index contributed by atoms with van der Waals surface area (Å²) in [6, 6.07) is 0. The molecule has 0 aliphatic carbocycles. The van der Waals surface area contributed by atoms with Crippen LogP contribution in [0.4, 0.5) is 5.82 Å². The second-order valence-corrected chi connectivity index (χ2v) is 20.1. The number of halogens is 2. The highest BCUT2D eigenvalue weighted by molar-refractivity contribution is 7.99. The van der Waals surface area contributed by atoms with Crippen molar-refractivity contribution in [3.8, 4) is 0 Å². The summed E-state index contributed by atoms with van der Waals surface area (Å²) in [5.41, 5.74) is 0.668. The van der Waals surface area contributed by atoms with E-state index in [1.54, 1.807) is 11.8 Å². The highest BCUT2D eigenvalue weighted by Gasteiger charge is 2.60. The lowest BCUT2D eigenvalue weighted by Gasteiger charge is -2.27. The summed E-state index contributed by atoms with van der Waals surface area (Å²) in [5.74, 6) is 0.308. The second-order valence-electron chi connectivity index (χ2n) is 8.82. The Balaban J connectivity index is 1.80. The fraction of sp³-hybridized carbons (Fsp3) is 0.722. The van der Waals surface area contributed by atoms with Gasteiger partial charge in [-0.15, -0.1) is 0 Å². The second kappa shape index (κ2) is 14.0. The summed E-state index contributed by atoms with van der Waals surface area (Å²) in [6.07, 6.45) is -1.75. The van der Waals surface area contributed by atoms with Crippen LogP contribution in [0.5, 0.6) is 0 Å². The maximum Gasteiger partial charge on any atom is 0.371 e. The molecule has 0 radical (unpaired) electrons. The van der Waals surface area contributed by atoms with Crippen LogP contribution in [0, 0.1) is 0 Å². The first-order valence-corrected chi connectivity index (χ1v) is 20.1. The molecule has 6 atom stereocenters. The van der Waals surface area contributed by atoms with Crippen LogP contribution in [-0.4, -0.2) is 108 Å². The molecule has 0 amide bonds. The molecule has 41 heavy (non-hydrogen) atoms. The summed E-state index contributed by atoms with van der Waals surface area (Å²) in [7, 11) is -16.1. The maximum absolute atomic E-state index is 12.5. The molecule has 0 bridgehead atoms. The third-order valence-corrected chi connectivity index (χ3v) is 17.0. The Morgan fingerprint density at radius 3 is 2.44 bits per heavy atom. The molecule has 234 valence electrons. The molecule has 2 aromatic heterocycles. The first-order valence-electron chi connectivity index (χ1n) is 11.8. The lowest BCUT2D eigenvalue weighted by Crippen LogP contribution is -2.33. The van der Waals surface area contributed by atoms with Crippen LogP contribution in [-0.2, 0) is 23.0 Å². The summed E-state index contributed by atoms with van der Waals surface area (Å²) in [5, 5.41) is 25.0. The molecule has 1 fully saturated rings. The van der Waals surface area contributed by atoms with Crippen molar-refractivity contribution in [3.63, 3.8) is 0 Å². The number of ether oxygens (including phenoxy) is 1. The number of aliphatic hydroxyl groups excluding tert-OH is 2. The molecule has 2 unspecified atom stereocenters. The third kappa shape index (κ3) is 8.19. The van der Waals surface area contributed by atoms with Crippen molar-refractivity contribution in [1.29, 1.82) is 0 Å². The molecule has 2 aromatic rings. The van der Waals surface area contributed by atoms with Gasteiger partial charge in [0.1, 0.15) is 24.2 Å². The van der Waals surface area contributed by atoms with Gasteiger partial charge in [0.15, 0.2) is 28.4 Å². The van der Waals surface area contributed by atoms with Gasteiger partial charge in [-0.05, 0) is 12.7 Å². The predicted octanol–water partition coefficient (Wildman–Crippen LogP) is 2.42. The molecule has 0 saturated carbocycles. The normalized spacial score (nSPS) is 24.8. The standard InChI is InChI=1S/C18H30Cl2N5O11P3S2/c1-3-5-41-17-23-14(21-4-6-40-2)11-15(24-17)25(8-22-11)16-13(27)12(26)10(36-16)7-35-38(30,31)9-37(28,29)18(19,20)39(32,33)34/h8,10,12-13,16,26-27H,3-7,9H2,1-2H3,(H,28,29)(H,30,31)(H,21,23,24)(H2,32,33,34)/t10-,12-,13-,16-/m1/s1. The van der Waals surface area contributed by atoms with Crippen LogP contribution in [0.2, 0.25) is 0 Å². The van der Waals surface area contributed by atoms with Crippen LogP contribution in [0.15, 0.2) is 11.5 Å². The van der Waals surface area contributed by atoms with Gasteiger partial charge in [-0.2, -0.15) is 11.8 Å². The Hall–Kier alpha value is -0.000000000000000222. The zero-order valence-corrected chi connectivity index (χ0v) is 27.4. The van der Waals surface area contributed by atoms with E-state index in [-0.39, 0.29) is 5.65 Å². The van der Waals surface area contributed by atoms with Gasteiger partial charge in [-0.25, -0.2) is 15.0 Å². The number of alkyl halides is 2. The zero-order valence-electron chi connectivity index (χ0n) is 21.6. The highest BCUT2D eigenvalue weighted by atomic mass is 35.5. The largest absolute Gasteiger partial charge is 0.387 e. The molecule has 1 saturated heterocycles. The quantitative estimate of drug-likeness (QED) is 0.0459. The van der Waals surface area contributed by atoms with Gasteiger partial charge >= 0.3 is 15.2 Å². The molecular weight excluding hydrogens is 690 g/mol. The molecule has 16 nitrogen and oxygen atoms in total. The van der Waals surface area contributed by atoms with E-state index in [2.05, 4.69) is 20.3 Å². The van der Waals surface area contributed by atoms with Gasteiger partial charge in [0.25, 0.3) is 11.2 Å². The minimum Gasteiger partial charge on any atom is -0.387 e. The lowest BCUT2D eigenvalue weighted by atomic mass is 10.1. The fourth-order valence-electron chi connectivity index (χ4n) is 3.59. The predicted molar refractivity (Wildman–Crippen MR) is 156 cm³/mol. The molecular formula is C18H30Cl2N5O11P3S2. The average molecular weight is 720 g/mol. The van der Waals surface area contributed by atoms with Crippen LogP contribution in [0.1, 0.15) is 19.6 Å². The number of fused-ring (bicyclic) bond motifs is 1. The maximum atomic E-state index is 12.5. The van der Waals surface area contributed by atoms with Gasteiger partial charge < -0.3 is 44.4 Å². The number of imidazole rings is 1. The summed E-state index contributed by atoms with van der Waals surface area (Å²) >= 11 is 13.8. The van der Waals surface area contributed by atoms with E-state index < -0.39 is 63.4 Å². The highest BCUT2D eigenvalue weighted by Crippen LogP contribution is 2.78. The van der Waals surface area contributed by atoms with Crippen LogP contribution in [0.3, 0.4) is 0 Å². The van der Waals surface area contributed by atoms with Crippen molar-refractivity contribution in [2.75, 3.05) is 42.1 Å². The molecule has 3 heterocycles. The number of aliphatic hydroxyl groups is 2. The first kappa shape index (κ1) is 35.5. The van der Waals surface area contributed by atoms with E-state index in [0.717, 1.165) is 17.9 Å². The molecule has 0 spiro atoms. The van der Waals surface area contributed by atoms with E-state index in [1.807, 2.05) is 13.2 Å². The number of hydrogen-bond donors (Lipinski definition) is 7. The Morgan fingerprint density at radius 2 is 1.83 bits per heavy atom. The van der Waals surface area contributed by atoms with Crippen LogP contribution >= 0.6 is 69.3 Å². The van der Waals surface area contributed by atoms with Crippen molar-refractivity contribution < 1.29 is 52.7 Å². The Kier molecular flexibility index (Phi) is 12.1. The Morgan fingerprint density at radius 1 is 1.15 bits per heavy atom. The first-order chi connectivity index (χ1) is 19.0. The lowest BCUT2D eigenvalue weighted by molar-refractivity contribution is -0.0484. The summed E-state index contributed by atoms with van der Waals surface area (Å²) < 4.78 is 44.6. The number of rotatable bonds is 15. The molecule has 1 aliphatic heterocycles. The Labute approximate surface area is 253 Å². The number of aromatic nitrogens is 4. The van der Waals surface area contributed by atoms with Gasteiger partial charge in [0.2, 0.25) is 0 Å². The monoisotopic (exact) mass is 719 g/mol. The van der Waals surface area contributed by atoms with Gasteiger partial charge in [0.05, 0.1) is 12.9 Å². The van der Waals surface area contributed by atoms with Crippen molar-refractivity contribution in [3.05, 3.63) is 6.33 Å². The molecule has 1 aliphatic rings. The number of hydrogen-bond acceptors (Lipinski definition) is 13. The van der Waals surface area contributed by atoms with E-state index in [9.17, 15) is 33.7 Å². The zero-order chi connectivity index (χ0) is 30.8. The SMILES string of the molecule is CCCSc1nc(NCCSC)c2ncn([C@@H]3O[C@H](COP(=O)(O)CP(=O)(O)C(Cl)(Cl)P(=O)(O)O)[C@@H](O)[C@H]3O)c2n1. The molecule has 7 N–H and O–H groups in total. The van der Waals surface area contributed by atoms with Crippen LogP contribution < -0.4 is 5.32 Å². The number of anilines is 1. The summed E-state index contributed by atoms with van der Waals surface area (Å²) in [4.78, 5) is 51.8. The van der Waals surface area contributed by atoms with E-state index in [1.165, 1.54) is 22.7 Å². The number of nitrogens with one attached hydrogen (secondary N) is 1. The van der Waals surface area contributed by atoms with E-state index in [0.29, 0.717) is 23.0 Å². The van der Waals surface area contributed by atoms with E-state index >= 15 is 0 Å². The Bertz CT molecular complexity index is 1370. The molecule has 3 rings (SSSR count). The summed E-state index contributed by atoms with van der Waals surface area (Å²) in [6.45, 7) is 1.74. The van der Waals surface area contributed by atoms with Crippen molar-refractivity contribution >= 4 is 86.3 Å². The molecule has 0 aromatic carbocycles. The smallest absolute Gasteiger partial charge is 0.371 e. The van der Waals surface area contributed by atoms with Crippen molar-refractivity contribution in [1.82, 2.24) is 19.5 Å². The average Bonchev–Trinajstić information content (AvgIpc) is 3.41. The minimum atomic E-state index is -5.61.